The minimum Gasteiger partial charge on any atom is -0.416 e. The summed E-state index contributed by atoms with van der Waals surface area (Å²) in [5.74, 6) is -1.52. The standard InChI is InChI=1S/C13H6ClF2N3O/c14-8-3-1-7(2-4-8)12-18-19-13(20-12)10-5-9(15)6-17-11(10)16/h1-6H. The highest BCUT2D eigenvalue weighted by atomic mass is 35.5. The number of pyridine rings is 1. The van der Waals surface area contributed by atoms with Gasteiger partial charge in [-0.25, -0.2) is 9.37 Å². The van der Waals surface area contributed by atoms with Gasteiger partial charge in [0.05, 0.1) is 11.8 Å². The van der Waals surface area contributed by atoms with Gasteiger partial charge in [0.2, 0.25) is 11.8 Å². The summed E-state index contributed by atoms with van der Waals surface area (Å²) in [6.07, 6.45) is 0.773. The van der Waals surface area contributed by atoms with E-state index in [1.54, 1.807) is 24.3 Å². The molecule has 0 bridgehead atoms. The number of benzene rings is 1. The lowest BCUT2D eigenvalue weighted by Crippen LogP contribution is -1.90. The zero-order valence-electron chi connectivity index (χ0n) is 9.85. The van der Waals surface area contributed by atoms with Gasteiger partial charge in [0.25, 0.3) is 5.89 Å². The third kappa shape index (κ3) is 2.37. The second-order valence-electron chi connectivity index (χ2n) is 3.91. The van der Waals surface area contributed by atoms with Crippen molar-refractivity contribution in [3.05, 3.63) is 53.3 Å². The zero-order valence-corrected chi connectivity index (χ0v) is 10.6. The maximum atomic E-state index is 13.5. The molecule has 0 aliphatic heterocycles. The molecule has 0 aliphatic carbocycles. The summed E-state index contributed by atoms with van der Waals surface area (Å²) >= 11 is 5.77. The van der Waals surface area contributed by atoms with E-state index in [4.69, 9.17) is 16.0 Å². The van der Waals surface area contributed by atoms with E-state index in [1.165, 1.54) is 0 Å². The maximum absolute atomic E-state index is 13.5. The van der Waals surface area contributed by atoms with Crippen LogP contribution >= 0.6 is 11.6 Å². The van der Waals surface area contributed by atoms with Crippen LogP contribution < -0.4 is 0 Å². The fourth-order valence-corrected chi connectivity index (χ4v) is 1.74. The summed E-state index contributed by atoms with van der Waals surface area (Å²) in [5, 5.41) is 8.04. The third-order valence-electron chi connectivity index (χ3n) is 2.55. The number of nitrogens with zero attached hydrogens (tertiary/aromatic N) is 3. The Morgan fingerprint density at radius 3 is 2.45 bits per heavy atom. The van der Waals surface area contributed by atoms with Crippen LogP contribution in [0.4, 0.5) is 8.78 Å². The predicted octanol–water partition coefficient (Wildman–Crippen LogP) is 3.73. The SMILES string of the molecule is Fc1cnc(F)c(-c2nnc(-c3ccc(Cl)cc3)o2)c1. The van der Waals surface area contributed by atoms with Crippen molar-refractivity contribution < 1.29 is 13.2 Å². The first-order valence-electron chi connectivity index (χ1n) is 5.54. The molecule has 0 unspecified atom stereocenters. The monoisotopic (exact) mass is 293 g/mol. The number of hydrogen-bond acceptors (Lipinski definition) is 4. The van der Waals surface area contributed by atoms with Crippen molar-refractivity contribution in [3.8, 4) is 22.9 Å². The molecular weight excluding hydrogens is 288 g/mol. The van der Waals surface area contributed by atoms with E-state index in [1.807, 2.05) is 0 Å². The molecule has 2 aromatic heterocycles. The summed E-state index contributed by atoms with van der Waals surface area (Å²) in [7, 11) is 0. The van der Waals surface area contributed by atoms with E-state index in [0.29, 0.717) is 10.6 Å². The topological polar surface area (TPSA) is 51.8 Å². The number of aromatic nitrogens is 3. The van der Waals surface area contributed by atoms with Gasteiger partial charge >= 0.3 is 0 Å². The van der Waals surface area contributed by atoms with Gasteiger partial charge in [-0.15, -0.1) is 10.2 Å². The molecule has 7 heteroatoms. The lowest BCUT2D eigenvalue weighted by Gasteiger charge is -1.97. The Labute approximate surface area is 117 Å². The summed E-state index contributed by atoms with van der Waals surface area (Å²) in [5.41, 5.74) is 0.440. The van der Waals surface area contributed by atoms with E-state index in [2.05, 4.69) is 15.2 Å². The van der Waals surface area contributed by atoms with Crippen molar-refractivity contribution in [1.82, 2.24) is 15.2 Å². The molecule has 2 heterocycles. The number of halogens is 3. The van der Waals surface area contributed by atoms with Crippen molar-refractivity contribution in [1.29, 1.82) is 0 Å². The Balaban J connectivity index is 2.01. The molecule has 3 rings (SSSR count). The first-order valence-corrected chi connectivity index (χ1v) is 5.92. The van der Waals surface area contributed by atoms with Gasteiger partial charge in [0, 0.05) is 10.6 Å². The van der Waals surface area contributed by atoms with E-state index in [0.717, 1.165) is 12.3 Å². The summed E-state index contributed by atoms with van der Waals surface area (Å²) < 4.78 is 31.9. The van der Waals surface area contributed by atoms with Gasteiger partial charge in [0.15, 0.2) is 0 Å². The molecule has 0 spiro atoms. The maximum Gasteiger partial charge on any atom is 0.252 e. The molecule has 0 radical (unpaired) electrons. The Morgan fingerprint density at radius 1 is 1.00 bits per heavy atom. The normalized spacial score (nSPS) is 10.8. The molecule has 0 fully saturated rings. The molecule has 0 N–H and O–H groups in total. The van der Waals surface area contributed by atoms with Crippen LogP contribution in [0.2, 0.25) is 5.02 Å². The average Bonchev–Trinajstić information content (AvgIpc) is 2.92. The van der Waals surface area contributed by atoms with Gasteiger partial charge in [-0.2, -0.15) is 4.39 Å². The number of hydrogen-bond donors (Lipinski definition) is 0. The van der Waals surface area contributed by atoms with Crippen LogP contribution in [-0.4, -0.2) is 15.2 Å². The first-order chi connectivity index (χ1) is 9.63. The minimum atomic E-state index is -0.877. The molecule has 4 nitrogen and oxygen atoms in total. The summed E-state index contributed by atoms with van der Waals surface area (Å²) in [6.45, 7) is 0. The quantitative estimate of drug-likeness (QED) is 0.676. The molecule has 100 valence electrons. The predicted molar refractivity (Wildman–Crippen MR) is 67.9 cm³/mol. The highest BCUT2D eigenvalue weighted by molar-refractivity contribution is 6.30. The van der Waals surface area contributed by atoms with Crippen molar-refractivity contribution >= 4 is 11.6 Å². The molecule has 20 heavy (non-hydrogen) atoms. The third-order valence-corrected chi connectivity index (χ3v) is 2.80. The molecule has 3 aromatic rings. The second kappa shape index (κ2) is 4.97. The van der Waals surface area contributed by atoms with Crippen molar-refractivity contribution in [2.45, 2.75) is 0 Å². The molecule has 0 amide bonds. The Kier molecular flexibility index (Phi) is 3.15. The molecule has 0 atom stereocenters. The van der Waals surface area contributed by atoms with Crippen LogP contribution in [0, 0.1) is 11.8 Å². The summed E-state index contributed by atoms with van der Waals surface area (Å²) in [4.78, 5) is 3.26. The van der Waals surface area contributed by atoms with Crippen LogP contribution in [0.1, 0.15) is 0 Å². The Hall–Kier alpha value is -2.34. The van der Waals surface area contributed by atoms with Crippen molar-refractivity contribution in [3.63, 3.8) is 0 Å². The van der Waals surface area contributed by atoms with E-state index in [-0.39, 0.29) is 17.3 Å². The van der Waals surface area contributed by atoms with Crippen LogP contribution in [-0.2, 0) is 0 Å². The largest absolute Gasteiger partial charge is 0.416 e. The second-order valence-corrected chi connectivity index (χ2v) is 4.35. The zero-order chi connectivity index (χ0) is 14.1. The van der Waals surface area contributed by atoms with Crippen LogP contribution in [0.15, 0.2) is 40.9 Å². The summed E-state index contributed by atoms with van der Waals surface area (Å²) in [6, 6.07) is 7.62. The number of rotatable bonds is 2. The van der Waals surface area contributed by atoms with Crippen molar-refractivity contribution in [2.75, 3.05) is 0 Å². The lowest BCUT2D eigenvalue weighted by atomic mass is 10.2. The van der Waals surface area contributed by atoms with Crippen LogP contribution in [0.3, 0.4) is 0 Å². The Bertz CT molecular complexity index is 759. The lowest BCUT2D eigenvalue weighted by molar-refractivity contribution is 0.542. The van der Waals surface area contributed by atoms with Gasteiger partial charge in [-0.05, 0) is 30.3 Å². The molecule has 0 saturated heterocycles. The van der Waals surface area contributed by atoms with Gasteiger partial charge in [-0.1, -0.05) is 11.6 Å². The highest BCUT2D eigenvalue weighted by Crippen LogP contribution is 2.26. The fraction of sp³-hybridized carbons (Fsp3) is 0. The molecular formula is C13H6ClF2N3O. The first kappa shape index (κ1) is 12.7. The minimum absolute atomic E-state index is 0.139. The Morgan fingerprint density at radius 2 is 1.70 bits per heavy atom. The average molecular weight is 294 g/mol. The van der Waals surface area contributed by atoms with Gasteiger partial charge in [0.1, 0.15) is 5.82 Å². The smallest absolute Gasteiger partial charge is 0.252 e. The van der Waals surface area contributed by atoms with Crippen LogP contribution in [0.5, 0.6) is 0 Å². The molecule has 0 saturated carbocycles. The van der Waals surface area contributed by atoms with Gasteiger partial charge in [-0.3, -0.25) is 0 Å². The van der Waals surface area contributed by atoms with Crippen LogP contribution in [0.25, 0.3) is 22.9 Å². The fourth-order valence-electron chi connectivity index (χ4n) is 1.61. The van der Waals surface area contributed by atoms with E-state index in [9.17, 15) is 8.78 Å². The van der Waals surface area contributed by atoms with E-state index < -0.39 is 11.8 Å². The van der Waals surface area contributed by atoms with Crippen molar-refractivity contribution in [2.24, 2.45) is 0 Å². The molecule has 0 aliphatic rings. The van der Waals surface area contributed by atoms with Gasteiger partial charge < -0.3 is 4.42 Å². The molecule has 1 aromatic carbocycles. The van der Waals surface area contributed by atoms with E-state index >= 15 is 0 Å². The highest BCUT2D eigenvalue weighted by Gasteiger charge is 2.16.